The summed E-state index contributed by atoms with van der Waals surface area (Å²) in [7, 11) is 0. The van der Waals surface area contributed by atoms with Gasteiger partial charge < -0.3 is 9.80 Å². The summed E-state index contributed by atoms with van der Waals surface area (Å²) in [6.07, 6.45) is 9.65. The third-order valence-corrected chi connectivity index (χ3v) is 17.5. The summed E-state index contributed by atoms with van der Waals surface area (Å²) in [5, 5.41) is 2.11. The Kier molecular flexibility index (Phi) is 16.7. The SMILES string of the molecule is C(=C\c1cccc(N2c3ccccc3Sc3ccccc32)c1)/c1ccc(-c2ccc(/C=C/c3cccc(N4c5ccccc5Sc5ccccc54)c3)cc2)cc1.[Y].[c-]1ccccc1Cc1[c-]cccc1-c1ccc(-c2cccs2)cc1. The Morgan fingerprint density at radius 3 is 1.26 bits per heavy atom. The fourth-order valence-corrected chi connectivity index (χ4v) is 13.2. The number of fused-ring (bicyclic) bond motifs is 4. The molecule has 0 aliphatic carbocycles. The molecular weight excluding hydrogens is 1110 g/mol. The summed E-state index contributed by atoms with van der Waals surface area (Å²) in [6, 6.07) is 104. The number of thiophene rings is 1. The van der Waals surface area contributed by atoms with Gasteiger partial charge in [-0.25, -0.2) is 0 Å². The molecule has 2 aliphatic rings. The van der Waals surface area contributed by atoms with Crippen LogP contribution in [0.25, 0.3) is 57.0 Å². The van der Waals surface area contributed by atoms with Gasteiger partial charge in [-0.1, -0.05) is 205 Å². The van der Waals surface area contributed by atoms with E-state index in [-0.39, 0.29) is 32.7 Å². The van der Waals surface area contributed by atoms with Gasteiger partial charge in [-0.15, -0.1) is 16.9 Å². The van der Waals surface area contributed by atoms with Crippen LogP contribution in [0.15, 0.2) is 298 Å². The van der Waals surface area contributed by atoms with Crippen LogP contribution < -0.4 is 9.80 Å². The van der Waals surface area contributed by atoms with Crippen molar-refractivity contribution in [2.24, 2.45) is 0 Å². The molecule has 0 N–H and O–H groups in total. The van der Waals surface area contributed by atoms with Crippen LogP contribution in [0.2, 0.25) is 0 Å². The van der Waals surface area contributed by atoms with Crippen molar-refractivity contribution in [3.8, 4) is 32.7 Å². The third-order valence-electron chi connectivity index (χ3n) is 14.3. The smallest absolute Gasteiger partial charge is 0.0601 e. The van der Waals surface area contributed by atoms with Crippen molar-refractivity contribution in [3.63, 3.8) is 0 Å². The fraction of sp³-hybridized carbons (Fsp3) is 0.0133. The Balaban J connectivity index is 0.000000218. The molecule has 0 saturated carbocycles. The Labute approximate surface area is 513 Å². The zero-order valence-corrected chi connectivity index (χ0v) is 49.6. The summed E-state index contributed by atoms with van der Waals surface area (Å²) in [5.74, 6) is 0. The zero-order valence-electron chi connectivity index (χ0n) is 44.3. The zero-order chi connectivity index (χ0) is 53.5. The Morgan fingerprint density at radius 1 is 0.346 bits per heavy atom. The molecule has 0 unspecified atom stereocenters. The predicted molar refractivity (Wildman–Crippen MR) is 342 cm³/mol. The van der Waals surface area contributed by atoms with Gasteiger partial charge in [0, 0.05) is 68.5 Å². The molecule has 0 atom stereocenters. The quantitative estimate of drug-likeness (QED) is 0.0940. The number of hydrogen-bond donors (Lipinski definition) is 0. The van der Waals surface area contributed by atoms with E-state index in [4.69, 9.17) is 0 Å². The molecule has 1 aromatic heterocycles. The van der Waals surface area contributed by atoms with Crippen molar-refractivity contribution in [2.45, 2.75) is 26.0 Å². The van der Waals surface area contributed by atoms with Crippen LogP contribution in [0.4, 0.5) is 34.1 Å². The molecule has 2 nitrogen and oxygen atoms in total. The first-order chi connectivity index (χ1) is 39.6. The molecule has 0 fully saturated rings. The van der Waals surface area contributed by atoms with E-state index >= 15 is 0 Å². The van der Waals surface area contributed by atoms with Crippen molar-refractivity contribution < 1.29 is 32.7 Å². The Morgan fingerprint density at radius 2 is 0.790 bits per heavy atom. The molecule has 1 radical (unpaired) electrons. The van der Waals surface area contributed by atoms with Gasteiger partial charge >= 0.3 is 0 Å². The maximum absolute atomic E-state index is 3.41. The summed E-state index contributed by atoms with van der Waals surface area (Å²) < 4.78 is 0. The van der Waals surface area contributed by atoms with Crippen molar-refractivity contribution in [2.75, 3.05) is 9.80 Å². The average molecular weight is 1170 g/mol. The molecule has 385 valence electrons. The molecule has 0 bridgehead atoms. The van der Waals surface area contributed by atoms with Crippen LogP contribution in [0.3, 0.4) is 0 Å². The minimum Gasteiger partial charge on any atom is -0.308 e. The Bertz CT molecular complexity index is 3870. The van der Waals surface area contributed by atoms with E-state index in [0.717, 1.165) is 28.9 Å². The normalized spacial score (nSPS) is 12.1. The fourth-order valence-electron chi connectivity index (χ4n) is 10.3. The number of rotatable bonds is 11. The second kappa shape index (κ2) is 25.2. The van der Waals surface area contributed by atoms with E-state index in [1.54, 1.807) is 11.3 Å². The molecule has 11 aromatic carbocycles. The largest absolute Gasteiger partial charge is 0.308 e. The van der Waals surface area contributed by atoms with Gasteiger partial charge in [-0.3, -0.25) is 0 Å². The van der Waals surface area contributed by atoms with E-state index in [9.17, 15) is 0 Å². The molecular formula is C75H52N2S3Y-2. The maximum atomic E-state index is 3.41. The first-order valence-electron chi connectivity index (χ1n) is 26.8. The molecule has 0 amide bonds. The molecule has 2 aliphatic heterocycles. The molecule has 12 aromatic rings. The summed E-state index contributed by atoms with van der Waals surface area (Å²) >= 11 is 5.44. The van der Waals surface area contributed by atoms with E-state index < -0.39 is 0 Å². The Hall–Kier alpha value is -8.00. The number of benzene rings is 11. The second-order valence-corrected chi connectivity index (χ2v) is 22.6. The van der Waals surface area contributed by atoms with Gasteiger partial charge in [0.1, 0.15) is 0 Å². The predicted octanol–water partition coefficient (Wildman–Crippen LogP) is 21.8. The molecule has 14 rings (SSSR count). The van der Waals surface area contributed by atoms with E-state index in [1.807, 2.05) is 41.7 Å². The third kappa shape index (κ3) is 12.2. The average Bonchev–Trinajstić information content (AvgIpc) is 4.11. The molecule has 0 saturated heterocycles. The number of anilines is 6. The van der Waals surface area contributed by atoms with E-state index in [1.165, 1.54) is 97.3 Å². The van der Waals surface area contributed by atoms with Gasteiger partial charge in [-0.05, 0) is 130 Å². The van der Waals surface area contributed by atoms with Gasteiger partial charge in [0.15, 0.2) is 0 Å². The van der Waals surface area contributed by atoms with Crippen molar-refractivity contribution in [3.05, 3.63) is 324 Å². The van der Waals surface area contributed by atoms with Crippen LogP contribution in [0.1, 0.15) is 33.4 Å². The summed E-state index contributed by atoms with van der Waals surface area (Å²) in [5.41, 5.74) is 20.4. The molecule has 0 spiro atoms. The van der Waals surface area contributed by atoms with Crippen LogP contribution in [0, 0.1) is 12.1 Å². The van der Waals surface area contributed by atoms with Gasteiger partial charge in [-0.2, -0.15) is 65.7 Å². The van der Waals surface area contributed by atoms with Crippen LogP contribution >= 0.6 is 34.9 Å². The first kappa shape index (κ1) is 53.6. The first-order valence-corrected chi connectivity index (χ1v) is 29.3. The monoisotopic (exact) mass is 1170 g/mol. The van der Waals surface area contributed by atoms with Crippen LogP contribution in [0.5, 0.6) is 0 Å². The van der Waals surface area contributed by atoms with Crippen LogP contribution in [-0.4, -0.2) is 0 Å². The molecule has 81 heavy (non-hydrogen) atoms. The van der Waals surface area contributed by atoms with Gasteiger partial charge in [0.2, 0.25) is 0 Å². The van der Waals surface area contributed by atoms with Gasteiger partial charge in [0.05, 0.1) is 22.7 Å². The maximum Gasteiger partial charge on any atom is 0.0601 e. The number of nitrogens with zero attached hydrogens (tertiary/aromatic N) is 2. The van der Waals surface area contributed by atoms with E-state index in [0.29, 0.717) is 0 Å². The second-order valence-electron chi connectivity index (χ2n) is 19.5. The minimum atomic E-state index is 0. The van der Waals surface area contributed by atoms with Crippen molar-refractivity contribution in [1.29, 1.82) is 0 Å². The molecule has 3 heterocycles. The van der Waals surface area contributed by atoms with E-state index in [2.05, 4.69) is 306 Å². The standard InChI is InChI=1S/C52H36N2S2.C23H16S.Y/c1-5-19-49-45(15-1)53(46-16-2-6-20-50(46)55-49)43-13-9-11-39(35-43)25-23-37-27-31-41(32-28-37)42-33-29-38(30-34-42)24-26-40-12-10-14-44(36-40)54-47-17-3-7-21-51(47)56-52-22-8-4-18-48(52)54;1-2-7-18(8-3-1)17-21-9-4-5-10-22(21)19-12-14-20(15-13-19)23-11-6-16-24-23;/h1-36H;1-7,10-16H,17H2;/q;-2;/b25-23+,26-24+;;. The number of para-hydroxylation sites is 4. The van der Waals surface area contributed by atoms with Crippen molar-refractivity contribution in [1.82, 2.24) is 0 Å². The van der Waals surface area contributed by atoms with Crippen LogP contribution in [-0.2, 0) is 39.1 Å². The molecule has 6 heteroatoms. The topological polar surface area (TPSA) is 6.48 Å². The summed E-state index contributed by atoms with van der Waals surface area (Å²) in [6.45, 7) is 0. The number of hydrogen-bond acceptors (Lipinski definition) is 5. The van der Waals surface area contributed by atoms with Gasteiger partial charge in [0.25, 0.3) is 0 Å². The summed E-state index contributed by atoms with van der Waals surface area (Å²) in [4.78, 5) is 11.1. The van der Waals surface area contributed by atoms with Crippen molar-refractivity contribution >= 4 is 93.3 Å². The minimum absolute atomic E-state index is 0.